The van der Waals surface area contributed by atoms with Gasteiger partial charge in [0.2, 0.25) is 0 Å². The minimum Gasteiger partial charge on any atom is -0.493 e. The van der Waals surface area contributed by atoms with Gasteiger partial charge in [-0.2, -0.15) is 0 Å². The number of hydrogen-bond acceptors (Lipinski definition) is 6. The molecule has 0 amide bonds. The monoisotopic (exact) mass is 526 g/mol. The van der Waals surface area contributed by atoms with Crippen molar-refractivity contribution in [1.29, 1.82) is 0 Å². The number of allylic oxidation sites excluding steroid dienone is 1. The van der Waals surface area contributed by atoms with Crippen LogP contribution in [0.2, 0.25) is 0 Å². The summed E-state index contributed by atoms with van der Waals surface area (Å²) in [6.45, 7) is 4.37. The average Bonchev–Trinajstić information content (AvgIpc) is 3.14. The highest BCUT2D eigenvalue weighted by molar-refractivity contribution is 9.10. The van der Waals surface area contributed by atoms with Crippen LogP contribution in [0.4, 0.5) is 0 Å². The van der Waals surface area contributed by atoms with E-state index in [1.165, 1.54) is 18.4 Å². The first-order valence-electron chi connectivity index (χ1n) is 10.6. The smallest absolute Gasteiger partial charge is 0.338 e. The fraction of sp³-hybridized carbons (Fsp3) is 0.240. The lowest BCUT2D eigenvalue weighted by atomic mass is 9.95. The van der Waals surface area contributed by atoms with Crippen LogP contribution in [0.3, 0.4) is 0 Å². The van der Waals surface area contributed by atoms with Crippen LogP contribution in [-0.4, -0.2) is 24.3 Å². The van der Waals surface area contributed by atoms with E-state index in [0.717, 1.165) is 15.6 Å². The molecule has 170 valence electrons. The lowest BCUT2D eigenvalue weighted by molar-refractivity contribution is -0.136. The van der Waals surface area contributed by atoms with Gasteiger partial charge in [0.1, 0.15) is 5.75 Å². The van der Waals surface area contributed by atoms with E-state index >= 15 is 0 Å². The quantitative estimate of drug-likeness (QED) is 0.456. The third-order valence-electron chi connectivity index (χ3n) is 5.32. The maximum atomic E-state index is 13.7. The molecule has 8 heteroatoms. The van der Waals surface area contributed by atoms with Gasteiger partial charge in [-0.15, -0.1) is 0 Å². The molecule has 1 atom stereocenters. The fourth-order valence-corrected chi connectivity index (χ4v) is 5.26. The number of benzene rings is 2. The summed E-state index contributed by atoms with van der Waals surface area (Å²) >= 11 is 4.79. The molecule has 0 saturated carbocycles. The number of rotatable bonds is 6. The van der Waals surface area contributed by atoms with Gasteiger partial charge in [-0.3, -0.25) is 9.36 Å². The molecule has 33 heavy (non-hydrogen) atoms. The van der Waals surface area contributed by atoms with Gasteiger partial charge < -0.3 is 9.47 Å². The van der Waals surface area contributed by atoms with Crippen molar-refractivity contribution in [3.63, 3.8) is 0 Å². The maximum absolute atomic E-state index is 13.7. The highest BCUT2D eigenvalue weighted by Gasteiger charge is 2.33. The van der Waals surface area contributed by atoms with E-state index in [9.17, 15) is 9.59 Å². The van der Waals surface area contributed by atoms with Crippen molar-refractivity contribution in [2.45, 2.75) is 26.3 Å². The molecule has 0 N–H and O–H groups in total. The SMILES string of the molecule is CCOc1ccc(Br)cc1/C=c1\sc2n(c1=O)[C@H](c1ccccc1)C(C(=O)OC)=C(CC)N=2. The number of fused-ring (bicyclic) bond motifs is 1. The number of hydrogen-bond donors (Lipinski definition) is 0. The van der Waals surface area contributed by atoms with E-state index in [2.05, 4.69) is 20.9 Å². The molecule has 1 aliphatic heterocycles. The minimum absolute atomic E-state index is 0.216. The number of methoxy groups -OCH3 is 1. The molecule has 1 aliphatic rings. The summed E-state index contributed by atoms with van der Waals surface area (Å²) in [4.78, 5) is 31.7. The predicted molar refractivity (Wildman–Crippen MR) is 132 cm³/mol. The second kappa shape index (κ2) is 9.89. The third-order valence-corrected chi connectivity index (χ3v) is 6.80. The minimum atomic E-state index is -0.610. The van der Waals surface area contributed by atoms with Gasteiger partial charge in [-0.05, 0) is 43.2 Å². The van der Waals surface area contributed by atoms with Crippen LogP contribution in [-0.2, 0) is 9.53 Å². The Hall–Kier alpha value is -2.97. The van der Waals surface area contributed by atoms with E-state index in [0.29, 0.717) is 39.4 Å². The Morgan fingerprint density at radius 2 is 1.97 bits per heavy atom. The Bertz CT molecular complexity index is 1410. The molecule has 0 radical (unpaired) electrons. The molecular weight excluding hydrogens is 504 g/mol. The van der Waals surface area contributed by atoms with Crippen molar-refractivity contribution in [2.24, 2.45) is 4.99 Å². The second-order valence-electron chi connectivity index (χ2n) is 7.31. The summed E-state index contributed by atoms with van der Waals surface area (Å²) in [6, 6.07) is 14.6. The van der Waals surface area contributed by atoms with Crippen LogP contribution in [0, 0.1) is 0 Å². The summed E-state index contributed by atoms with van der Waals surface area (Å²) in [5, 5.41) is 0. The molecule has 0 bridgehead atoms. The van der Waals surface area contributed by atoms with Crippen molar-refractivity contribution in [1.82, 2.24) is 4.57 Å². The molecule has 2 aromatic carbocycles. The van der Waals surface area contributed by atoms with Crippen molar-refractivity contribution in [2.75, 3.05) is 13.7 Å². The van der Waals surface area contributed by atoms with Gasteiger partial charge in [-0.1, -0.05) is 64.5 Å². The summed E-state index contributed by atoms with van der Waals surface area (Å²) in [7, 11) is 1.35. The highest BCUT2D eigenvalue weighted by Crippen LogP contribution is 2.31. The lowest BCUT2D eigenvalue weighted by Gasteiger charge is -2.25. The van der Waals surface area contributed by atoms with Crippen LogP contribution in [0.5, 0.6) is 5.75 Å². The van der Waals surface area contributed by atoms with Gasteiger partial charge in [0.25, 0.3) is 5.56 Å². The van der Waals surface area contributed by atoms with Crippen molar-refractivity contribution in [3.05, 3.63) is 95.1 Å². The van der Waals surface area contributed by atoms with Gasteiger partial charge >= 0.3 is 5.97 Å². The van der Waals surface area contributed by atoms with Crippen LogP contribution in [0.25, 0.3) is 6.08 Å². The highest BCUT2D eigenvalue weighted by atomic mass is 79.9. The van der Waals surface area contributed by atoms with Gasteiger partial charge in [0.15, 0.2) is 4.80 Å². The molecule has 0 unspecified atom stereocenters. The number of esters is 1. The largest absolute Gasteiger partial charge is 0.493 e. The Balaban J connectivity index is 1.99. The molecule has 1 aromatic heterocycles. The van der Waals surface area contributed by atoms with E-state index in [1.807, 2.05) is 68.5 Å². The number of carbonyl (C=O) groups is 1. The van der Waals surface area contributed by atoms with Crippen LogP contribution < -0.4 is 19.6 Å². The zero-order valence-electron chi connectivity index (χ0n) is 18.5. The molecule has 0 fully saturated rings. The summed E-state index contributed by atoms with van der Waals surface area (Å²) < 4.78 is 13.8. The predicted octanol–water partition coefficient (Wildman–Crippen LogP) is 3.96. The van der Waals surface area contributed by atoms with Gasteiger partial charge in [0.05, 0.1) is 35.6 Å². The topological polar surface area (TPSA) is 69.9 Å². The zero-order chi connectivity index (χ0) is 23.5. The van der Waals surface area contributed by atoms with Crippen LogP contribution in [0.15, 0.2) is 74.1 Å². The molecule has 3 aromatic rings. The van der Waals surface area contributed by atoms with Crippen molar-refractivity contribution in [3.8, 4) is 5.75 Å². The van der Waals surface area contributed by atoms with Crippen LogP contribution >= 0.6 is 27.3 Å². The van der Waals surface area contributed by atoms with Crippen LogP contribution in [0.1, 0.15) is 37.4 Å². The average molecular weight is 527 g/mol. The van der Waals surface area contributed by atoms with Gasteiger partial charge in [0, 0.05) is 10.0 Å². The molecule has 6 nitrogen and oxygen atoms in total. The van der Waals surface area contributed by atoms with Crippen molar-refractivity contribution < 1.29 is 14.3 Å². The molecular formula is C25H23BrN2O4S. The third kappa shape index (κ3) is 4.45. The van der Waals surface area contributed by atoms with Gasteiger partial charge in [-0.25, -0.2) is 9.79 Å². The number of nitrogens with zero attached hydrogens (tertiary/aromatic N) is 2. The molecule has 4 rings (SSSR count). The number of carbonyl (C=O) groups excluding carboxylic acids is 1. The molecule has 0 aliphatic carbocycles. The number of halogens is 1. The first-order valence-corrected chi connectivity index (χ1v) is 12.2. The zero-order valence-corrected chi connectivity index (χ0v) is 20.9. The Labute approximate surface area is 203 Å². The van der Waals surface area contributed by atoms with Crippen molar-refractivity contribution >= 4 is 39.3 Å². The number of aromatic nitrogens is 1. The first kappa shape index (κ1) is 23.2. The summed E-state index contributed by atoms with van der Waals surface area (Å²) in [5.74, 6) is 0.208. The maximum Gasteiger partial charge on any atom is 0.338 e. The molecule has 2 heterocycles. The Morgan fingerprint density at radius 1 is 1.21 bits per heavy atom. The van der Waals surface area contributed by atoms with E-state index in [4.69, 9.17) is 9.47 Å². The first-order chi connectivity index (χ1) is 16.0. The summed E-state index contributed by atoms with van der Waals surface area (Å²) in [5.41, 5.74) is 2.41. The van der Waals surface area contributed by atoms with E-state index in [-0.39, 0.29) is 5.56 Å². The molecule has 0 spiro atoms. The second-order valence-corrected chi connectivity index (χ2v) is 9.24. The number of ether oxygens (including phenoxy) is 2. The normalized spacial score (nSPS) is 15.8. The standard InChI is InChI=1S/C25H23BrN2O4S/c1-4-18-21(24(30)31-3)22(15-9-7-6-8-10-15)28-23(29)20(33-25(28)27-18)14-16-13-17(26)11-12-19(16)32-5-2/h6-14,22H,4-5H2,1-3H3/b20-14-/t22-/m1/s1. The number of thiazole rings is 1. The van der Waals surface area contributed by atoms with E-state index < -0.39 is 12.0 Å². The Morgan fingerprint density at radius 3 is 2.64 bits per heavy atom. The Kier molecular flexibility index (Phi) is 6.95. The lowest BCUT2D eigenvalue weighted by Crippen LogP contribution is -2.40. The molecule has 0 saturated heterocycles. The fourth-order valence-electron chi connectivity index (χ4n) is 3.88. The van der Waals surface area contributed by atoms with E-state index in [1.54, 1.807) is 4.57 Å². The summed E-state index contributed by atoms with van der Waals surface area (Å²) in [6.07, 6.45) is 2.36.